The van der Waals surface area contributed by atoms with Crippen molar-refractivity contribution in [1.29, 1.82) is 0 Å². The van der Waals surface area contributed by atoms with Gasteiger partial charge in [0.1, 0.15) is 23.7 Å². The smallest absolute Gasteiger partial charge is 0.314 e. The van der Waals surface area contributed by atoms with Gasteiger partial charge in [-0.15, -0.1) is 0 Å². The number of fused-ring (bicyclic) bond motifs is 2. The fourth-order valence-electron chi connectivity index (χ4n) is 10.5. The number of anilines is 2. The van der Waals surface area contributed by atoms with E-state index in [2.05, 4.69) is 31.1 Å². The summed E-state index contributed by atoms with van der Waals surface area (Å²) in [5, 5.41) is 13.9. The number of likely N-dealkylation sites (N-methyl/N-ethyl adjacent to an activating group) is 2. The number of nitrogens with one attached hydrogen (secondary N) is 4. The van der Waals surface area contributed by atoms with Crippen LogP contribution in [-0.2, 0) is 34.6 Å². The van der Waals surface area contributed by atoms with Gasteiger partial charge in [0.05, 0.1) is 23.5 Å². The molecule has 6 rings (SSSR count). The SMILES string of the molecule is Cc1cc(N(CCCCCCCCNC(=O)NCCCCNC(=O)NCCCCCCCCN(c2ccc(O[C@H]3c4cc(Cl)cc(Cl)c4C[C@@H]3N(C)C)c(C)c2)[SH](=O)=O)[SH](=O)=O)ccc1O[C@H]1c2cc(Cl)cc(Cl)c2C[C@@H]1N(C)C. The minimum Gasteiger partial charge on any atom is -0.484 e. The highest BCUT2D eigenvalue weighted by molar-refractivity contribution is 7.74. The van der Waals surface area contributed by atoms with Crippen LogP contribution in [0.1, 0.15) is 135 Å². The summed E-state index contributed by atoms with van der Waals surface area (Å²) < 4.78 is 65.4. The maximum absolute atomic E-state index is 12.3. The highest BCUT2D eigenvalue weighted by Gasteiger charge is 2.39. The van der Waals surface area contributed by atoms with E-state index in [1.165, 1.54) is 8.61 Å². The van der Waals surface area contributed by atoms with Gasteiger partial charge in [0.2, 0.25) is 21.8 Å². The Hall–Kier alpha value is -4.40. The van der Waals surface area contributed by atoms with Crippen LogP contribution in [0, 0.1) is 13.8 Å². The lowest BCUT2D eigenvalue weighted by atomic mass is 10.1. The molecule has 16 nitrogen and oxygen atoms in total. The number of hydrogen-bond acceptors (Lipinski definition) is 10. The third-order valence-corrected chi connectivity index (χ3v) is 17.8. The van der Waals surface area contributed by atoms with Crippen LogP contribution in [-0.4, -0.2) is 118 Å². The standard InChI is InChI=1S/C58H82Cl4N8O8S2/c1-39-31-43(21-23-53(39)77-55-47-33-41(59)35-49(61)45(47)37-51(55)67(3)4)69(79(73)74)29-19-13-9-7-11-15-25-63-57(71)65-27-17-18-28-66-58(72)64-26-16-12-8-10-14-20-30-70(80(75)76)44-22-24-54(40(2)32-44)78-56-48-34-42(60)36-50(62)46(48)38-52(56)68(5)6/h21-24,31-36,51-52,55-56,79-80H,7-20,25-30,37-38H2,1-6H3,(H2,63,65,71)(H2,64,66,72)/t51-,52-,55-,56-/m0/s1. The van der Waals surface area contributed by atoms with E-state index in [1.807, 2.05) is 78.4 Å². The normalized spacial score (nSPS) is 16.5. The summed E-state index contributed by atoms with van der Waals surface area (Å²) >= 11 is 25.9. The summed E-state index contributed by atoms with van der Waals surface area (Å²) in [6.45, 7) is 6.79. The van der Waals surface area contributed by atoms with Gasteiger partial charge in [-0.3, -0.25) is 8.61 Å². The zero-order valence-electron chi connectivity index (χ0n) is 47.1. The number of carbonyl (C=O) groups is 2. The van der Waals surface area contributed by atoms with Crippen molar-refractivity contribution in [1.82, 2.24) is 31.1 Å². The molecule has 2 aliphatic rings. The average Bonchev–Trinajstić information content (AvgIpc) is 3.98. The summed E-state index contributed by atoms with van der Waals surface area (Å²) in [5.74, 6) is 1.35. The number of urea groups is 2. The molecule has 0 unspecified atom stereocenters. The molecular formula is C58H82Cl4N8O8S2. The first kappa shape index (κ1) is 64.8. The fraction of sp³-hybridized carbons (Fsp3) is 0.552. The molecular weight excluding hydrogens is 1140 g/mol. The first-order valence-corrected chi connectivity index (χ1v) is 31.8. The Morgan fingerprint density at radius 1 is 0.487 bits per heavy atom. The number of unbranched alkanes of at least 4 members (excludes halogenated alkanes) is 11. The predicted molar refractivity (Wildman–Crippen MR) is 327 cm³/mol. The van der Waals surface area contributed by atoms with Crippen molar-refractivity contribution in [2.45, 2.75) is 141 Å². The molecule has 0 aromatic heterocycles. The molecule has 0 radical (unpaired) electrons. The quantitative estimate of drug-likeness (QED) is 0.0198. The number of thiol groups is 2. The van der Waals surface area contributed by atoms with Crippen molar-refractivity contribution in [2.75, 3.05) is 76.1 Å². The Kier molecular flexibility index (Phi) is 26.3. The second kappa shape index (κ2) is 32.4. The third kappa shape index (κ3) is 19.1. The molecule has 0 spiro atoms. The fourth-order valence-corrected chi connectivity index (χ4v) is 12.9. The topological polar surface area (TPSA) is 182 Å². The van der Waals surface area contributed by atoms with Crippen molar-refractivity contribution < 1.29 is 35.9 Å². The Labute approximate surface area is 498 Å². The number of benzene rings is 4. The largest absolute Gasteiger partial charge is 0.484 e. The van der Waals surface area contributed by atoms with Crippen molar-refractivity contribution in [3.63, 3.8) is 0 Å². The number of carbonyl (C=O) groups excluding carboxylic acids is 2. The van der Waals surface area contributed by atoms with Gasteiger partial charge in [0, 0.05) is 70.5 Å². The molecule has 80 heavy (non-hydrogen) atoms. The van der Waals surface area contributed by atoms with Crippen molar-refractivity contribution >= 4 is 91.6 Å². The van der Waals surface area contributed by atoms with Gasteiger partial charge < -0.3 is 40.5 Å². The molecule has 0 heterocycles. The van der Waals surface area contributed by atoms with Gasteiger partial charge in [-0.05, 0) is 176 Å². The molecule has 0 fully saturated rings. The van der Waals surface area contributed by atoms with E-state index in [4.69, 9.17) is 55.9 Å². The van der Waals surface area contributed by atoms with Crippen LogP contribution in [0.3, 0.4) is 0 Å². The summed E-state index contributed by atoms with van der Waals surface area (Å²) in [5.41, 5.74) is 6.89. The summed E-state index contributed by atoms with van der Waals surface area (Å²) in [4.78, 5) is 28.8. The minimum absolute atomic E-state index is 0.0606. The van der Waals surface area contributed by atoms with Crippen molar-refractivity contribution in [2.24, 2.45) is 0 Å². The van der Waals surface area contributed by atoms with E-state index in [9.17, 15) is 26.4 Å². The van der Waals surface area contributed by atoms with Crippen LogP contribution in [0.15, 0.2) is 60.7 Å². The number of aryl methyl sites for hydroxylation is 2. The van der Waals surface area contributed by atoms with Gasteiger partial charge in [-0.25, -0.2) is 26.4 Å². The molecule has 4 N–H and O–H groups in total. The summed E-state index contributed by atoms with van der Waals surface area (Å²) in [6, 6.07) is 18.0. The van der Waals surface area contributed by atoms with Gasteiger partial charge in [-0.1, -0.05) is 97.8 Å². The molecule has 0 aliphatic heterocycles. The lowest BCUT2D eigenvalue weighted by molar-refractivity contribution is 0.110. The number of hydrogen-bond donors (Lipinski definition) is 6. The molecule has 0 bridgehead atoms. The zero-order chi connectivity index (χ0) is 57.9. The number of nitrogens with zero attached hydrogens (tertiary/aromatic N) is 4. The summed E-state index contributed by atoms with van der Waals surface area (Å²) in [6.07, 6.45) is 13.2. The van der Waals surface area contributed by atoms with Crippen molar-refractivity contribution in [3.8, 4) is 11.5 Å². The van der Waals surface area contributed by atoms with Crippen LogP contribution in [0.5, 0.6) is 11.5 Å². The molecule has 4 aromatic carbocycles. The van der Waals surface area contributed by atoms with E-state index in [0.717, 1.165) is 136 Å². The Morgan fingerprint density at radius 3 is 1.14 bits per heavy atom. The maximum atomic E-state index is 12.3. The molecule has 4 atom stereocenters. The second-order valence-corrected chi connectivity index (χ2v) is 25.0. The first-order valence-electron chi connectivity index (χ1n) is 28.0. The van der Waals surface area contributed by atoms with Gasteiger partial charge in [-0.2, -0.15) is 0 Å². The van der Waals surface area contributed by atoms with Crippen LogP contribution in [0.2, 0.25) is 20.1 Å². The predicted octanol–water partition coefficient (Wildman–Crippen LogP) is 11.6. The van der Waals surface area contributed by atoms with E-state index in [-0.39, 0.29) is 36.4 Å². The second-order valence-electron chi connectivity index (χ2n) is 21.4. The highest BCUT2D eigenvalue weighted by Crippen LogP contribution is 2.45. The average molecular weight is 1230 g/mol. The van der Waals surface area contributed by atoms with E-state index in [1.54, 1.807) is 24.3 Å². The van der Waals surface area contributed by atoms with Gasteiger partial charge in [0.15, 0.2) is 0 Å². The number of rotatable bonds is 33. The lowest BCUT2D eigenvalue weighted by Gasteiger charge is -2.28. The molecule has 0 saturated heterocycles. The highest BCUT2D eigenvalue weighted by atomic mass is 35.5. The van der Waals surface area contributed by atoms with Crippen LogP contribution < -0.4 is 39.4 Å². The van der Waals surface area contributed by atoms with E-state index < -0.39 is 21.8 Å². The third-order valence-electron chi connectivity index (χ3n) is 15.0. The molecule has 4 aromatic rings. The van der Waals surface area contributed by atoms with Crippen molar-refractivity contribution in [3.05, 3.63) is 114 Å². The Bertz CT molecular complexity index is 2650. The van der Waals surface area contributed by atoms with E-state index >= 15 is 0 Å². The molecule has 4 amide bonds. The molecule has 0 saturated carbocycles. The van der Waals surface area contributed by atoms with Crippen LogP contribution >= 0.6 is 46.4 Å². The molecule has 22 heteroatoms. The Balaban J connectivity index is 0.737. The first-order chi connectivity index (χ1) is 38.3. The number of amides is 4. The van der Waals surface area contributed by atoms with E-state index in [0.29, 0.717) is 82.2 Å². The molecule has 2 aliphatic carbocycles. The summed E-state index contributed by atoms with van der Waals surface area (Å²) in [7, 11) is 2.40. The minimum atomic E-state index is -2.83. The lowest BCUT2D eigenvalue weighted by Crippen LogP contribution is -2.38. The van der Waals surface area contributed by atoms with Crippen LogP contribution in [0.25, 0.3) is 0 Å². The monoisotopic (exact) mass is 1220 g/mol. The number of ether oxygens (including phenoxy) is 2. The zero-order valence-corrected chi connectivity index (χ0v) is 51.9. The maximum Gasteiger partial charge on any atom is 0.314 e. The van der Waals surface area contributed by atoms with Gasteiger partial charge in [0.25, 0.3) is 0 Å². The van der Waals surface area contributed by atoms with Crippen LogP contribution in [0.4, 0.5) is 21.0 Å². The number of halogens is 4. The molecule has 442 valence electrons. The van der Waals surface area contributed by atoms with Gasteiger partial charge >= 0.3 is 12.1 Å². The Morgan fingerprint density at radius 2 is 0.812 bits per heavy atom.